The molecule has 154 valence electrons. The number of pyridine rings is 1. The van der Waals surface area contributed by atoms with Crippen molar-refractivity contribution < 1.29 is 4.57 Å². The molecule has 3 aromatic carbocycles. The van der Waals surface area contributed by atoms with Crippen molar-refractivity contribution in [1.29, 1.82) is 0 Å². The van der Waals surface area contributed by atoms with E-state index in [0.29, 0.717) is 0 Å². The Morgan fingerprint density at radius 2 is 1.32 bits per heavy atom. The van der Waals surface area contributed by atoms with E-state index in [1.54, 1.807) is 0 Å². The van der Waals surface area contributed by atoms with Crippen LogP contribution < -0.4 is 14.4 Å². The summed E-state index contributed by atoms with van der Waals surface area (Å²) < 4.78 is 2.19. The summed E-state index contributed by atoms with van der Waals surface area (Å²) >= 11 is 0. The van der Waals surface area contributed by atoms with Crippen molar-refractivity contribution in [2.24, 2.45) is 7.05 Å². The molecule has 1 aliphatic heterocycles. The van der Waals surface area contributed by atoms with E-state index in [9.17, 15) is 0 Å². The molecule has 3 nitrogen and oxygen atoms in total. The van der Waals surface area contributed by atoms with Crippen LogP contribution in [0.2, 0.25) is 0 Å². The third-order valence-electron chi connectivity index (χ3n) is 6.36. The van der Waals surface area contributed by atoms with Crippen molar-refractivity contribution in [3.8, 4) is 11.3 Å². The van der Waals surface area contributed by atoms with Gasteiger partial charge in [0.15, 0.2) is 6.20 Å². The standard InChI is InChI=1S/C28H28N3/c1-20-15-17-23(18-16-20)30-22(3)31(28-13-6-5-12-27(28)30)25-14-9-10-24(21(25)2)26-11-7-8-19-29(26)4/h5-19,22H,1-4H3/q+1. The maximum Gasteiger partial charge on any atom is 0.212 e. The molecule has 1 unspecified atom stereocenters. The van der Waals surface area contributed by atoms with Crippen LogP contribution in [0.15, 0.2) is 91.1 Å². The number of rotatable bonds is 3. The number of hydrogen-bond acceptors (Lipinski definition) is 2. The van der Waals surface area contributed by atoms with Crippen molar-refractivity contribution in [3.05, 3.63) is 102 Å². The lowest BCUT2D eigenvalue weighted by atomic mass is 10.0. The summed E-state index contributed by atoms with van der Waals surface area (Å²) in [6.45, 7) is 6.66. The second kappa shape index (κ2) is 7.59. The quantitative estimate of drug-likeness (QED) is 0.363. The minimum absolute atomic E-state index is 0.165. The normalized spacial score (nSPS) is 15.3. The topological polar surface area (TPSA) is 10.4 Å². The monoisotopic (exact) mass is 406 g/mol. The van der Waals surface area contributed by atoms with E-state index < -0.39 is 0 Å². The second-order valence-corrected chi connectivity index (χ2v) is 8.34. The highest BCUT2D eigenvalue weighted by atomic mass is 15.4. The van der Waals surface area contributed by atoms with Gasteiger partial charge in [0, 0.05) is 23.5 Å². The number of fused-ring (bicyclic) bond motifs is 1. The zero-order chi connectivity index (χ0) is 21.5. The van der Waals surface area contributed by atoms with Gasteiger partial charge in [-0.05, 0) is 68.8 Å². The number of anilines is 4. The van der Waals surface area contributed by atoms with Crippen LogP contribution in [0.1, 0.15) is 18.1 Å². The van der Waals surface area contributed by atoms with E-state index in [1.165, 1.54) is 45.1 Å². The molecular formula is C28H28N3+. The molecule has 4 aromatic rings. The maximum atomic E-state index is 2.47. The molecule has 0 amide bonds. The molecule has 1 atom stereocenters. The molecule has 0 N–H and O–H groups in total. The van der Waals surface area contributed by atoms with Gasteiger partial charge in [0.1, 0.15) is 13.2 Å². The van der Waals surface area contributed by atoms with Crippen LogP contribution in [0.25, 0.3) is 11.3 Å². The van der Waals surface area contributed by atoms with Crippen molar-refractivity contribution in [3.63, 3.8) is 0 Å². The fourth-order valence-corrected chi connectivity index (χ4v) is 4.75. The van der Waals surface area contributed by atoms with E-state index in [0.717, 1.165) is 0 Å². The summed E-state index contributed by atoms with van der Waals surface area (Å²) in [5.41, 5.74) is 10.0. The molecule has 0 radical (unpaired) electrons. The summed E-state index contributed by atoms with van der Waals surface area (Å²) in [6.07, 6.45) is 2.27. The van der Waals surface area contributed by atoms with Crippen LogP contribution in [0.4, 0.5) is 22.7 Å². The van der Waals surface area contributed by atoms with Gasteiger partial charge in [0.2, 0.25) is 5.69 Å². The smallest absolute Gasteiger partial charge is 0.212 e. The predicted molar refractivity (Wildman–Crippen MR) is 129 cm³/mol. The van der Waals surface area contributed by atoms with Gasteiger partial charge < -0.3 is 9.80 Å². The molecule has 0 saturated carbocycles. The Hall–Kier alpha value is -3.59. The van der Waals surface area contributed by atoms with Gasteiger partial charge in [0.05, 0.1) is 16.9 Å². The fourth-order valence-electron chi connectivity index (χ4n) is 4.75. The Balaban J connectivity index is 1.65. The summed E-state index contributed by atoms with van der Waals surface area (Å²) in [6, 6.07) is 30.5. The Kier molecular flexibility index (Phi) is 4.74. The Morgan fingerprint density at radius 3 is 2.03 bits per heavy atom. The maximum absolute atomic E-state index is 2.47. The van der Waals surface area contributed by atoms with Crippen LogP contribution in [-0.2, 0) is 7.05 Å². The highest BCUT2D eigenvalue weighted by Gasteiger charge is 2.35. The van der Waals surface area contributed by atoms with Crippen molar-refractivity contribution in [2.45, 2.75) is 26.9 Å². The van der Waals surface area contributed by atoms with Crippen molar-refractivity contribution in [2.75, 3.05) is 9.80 Å². The molecule has 1 aromatic heterocycles. The number of aromatic nitrogens is 1. The zero-order valence-corrected chi connectivity index (χ0v) is 18.6. The van der Waals surface area contributed by atoms with Gasteiger partial charge >= 0.3 is 0 Å². The Bertz CT molecular complexity index is 1240. The number of aryl methyl sites for hydroxylation is 2. The first-order valence-corrected chi connectivity index (χ1v) is 10.8. The first-order chi connectivity index (χ1) is 15.1. The summed E-state index contributed by atoms with van der Waals surface area (Å²) in [5, 5.41) is 0. The highest BCUT2D eigenvalue weighted by molar-refractivity contribution is 5.90. The molecule has 0 spiro atoms. The minimum Gasteiger partial charge on any atom is -0.319 e. The Morgan fingerprint density at radius 1 is 0.677 bits per heavy atom. The molecule has 31 heavy (non-hydrogen) atoms. The molecule has 0 aliphatic carbocycles. The van der Waals surface area contributed by atoms with Crippen LogP contribution >= 0.6 is 0 Å². The lowest BCUT2D eigenvalue weighted by molar-refractivity contribution is -0.660. The molecule has 5 rings (SSSR count). The van der Waals surface area contributed by atoms with Crippen LogP contribution in [0.3, 0.4) is 0 Å². The third kappa shape index (κ3) is 3.17. The lowest BCUT2D eigenvalue weighted by Gasteiger charge is -2.31. The molecule has 1 aliphatic rings. The molecule has 2 heterocycles. The van der Waals surface area contributed by atoms with E-state index in [1.807, 2.05) is 0 Å². The first kappa shape index (κ1) is 19.4. The highest BCUT2D eigenvalue weighted by Crippen LogP contribution is 2.48. The molecular weight excluding hydrogens is 378 g/mol. The molecule has 3 heteroatoms. The molecule has 0 fully saturated rings. The number of benzene rings is 3. The number of hydrogen-bond donors (Lipinski definition) is 0. The van der Waals surface area contributed by atoms with Gasteiger partial charge in [-0.2, -0.15) is 0 Å². The van der Waals surface area contributed by atoms with Crippen molar-refractivity contribution >= 4 is 22.7 Å². The van der Waals surface area contributed by atoms with Crippen molar-refractivity contribution in [1.82, 2.24) is 0 Å². The Labute approximate surface area is 184 Å². The third-order valence-corrected chi connectivity index (χ3v) is 6.36. The summed E-state index contributed by atoms with van der Waals surface area (Å²) in [4.78, 5) is 4.90. The predicted octanol–water partition coefficient (Wildman–Crippen LogP) is 6.43. The van der Waals surface area contributed by atoms with E-state index in [4.69, 9.17) is 0 Å². The first-order valence-electron chi connectivity index (χ1n) is 10.8. The van der Waals surface area contributed by atoms with Gasteiger partial charge in [-0.1, -0.05) is 35.9 Å². The van der Waals surface area contributed by atoms with E-state index >= 15 is 0 Å². The number of nitrogens with zero attached hydrogens (tertiary/aromatic N) is 3. The SMILES string of the molecule is Cc1ccc(N2c3ccccc3N(c3cccc(-c4cccc[n+]4C)c3C)C2C)cc1. The van der Waals surface area contributed by atoms with Gasteiger partial charge in [-0.3, -0.25) is 0 Å². The largest absolute Gasteiger partial charge is 0.319 e. The molecule has 0 bridgehead atoms. The van der Waals surface area contributed by atoms with Gasteiger partial charge in [0.25, 0.3) is 0 Å². The minimum atomic E-state index is 0.165. The lowest BCUT2D eigenvalue weighted by Crippen LogP contribution is -2.36. The summed E-state index contributed by atoms with van der Waals surface area (Å²) in [5.74, 6) is 0. The van der Waals surface area contributed by atoms with Crippen LogP contribution in [0.5, 0.6) is 0 Å². The summed E-state index contributed by atoms with van der Waals surface area (Å²) in [7, 11) is 2.11. The van der Waals surface area contributed by atoms with E-state index in [-0.39, 0.29) is 6.17 Å². The average Bonchev–Trinajstić information content (AvgIpc) is 3.07. The molecule has 0 saturated heterocycles. The van der Waals surface area contributed by atoms with E-state index in [2.05, 4.69) is 133 Å². The van der Waals surface area contributed by atoms with Crippen LogP contribution in [-0.4, -0.2) is 6.17 Å². The van der Waals surface area contributed by atoms with Crippen LogP contribution in [0, 0.1) is 13.8 Å². The number of para-hydroxylation sites is 2. The van der Waals surface area contributed by atoms with Gasteiger partial charge in [-0.25, -0.2) is 4.57 Å². The average molecular weight is 407 g/mol. The second-order valence-electron chi connectivity index (χ2n) is 8.34. The fraction of sp³-hybridized carbons (Fsp3) is 0.179. The van der Waals surface area contributed by atoms with Gasteiger partial charge in [-0.15, -0.1) is 0 Å². The zero-order valence-electron chi connectivity index (χ0n) is 18.6.